The molecule has 0 fully saturated rings. The van der Waals surface area contributed by atoms with Gasteiger partial charge in [0.2, 0.25) is 5.91 Å². The number of anilines is 1. The summed E-state index contributed by atoms with van der Waals surface area (Å²) in [6.07, 6.45) is 6.75. The summed E-state index contributed by atoms with van der Waals surface area (Å²) in [5, 5.41) is 14.0. The fourth-order valence-corrected chi connectivity index (χ4v) is 7.47. The van der Waals surface area contributed by atoms with E-state index in [0.717, 1.165) is 28.1 Å². The van der Waals surface area contributed by atoms with Crippen molar-refractivity contribution in [3.8, 4) is 11.1 Å². The molecule has 6 rings (SSSR count). The van der Waals surface area contributed by atoms with E-state index in [0.29, 0.717) is 41.4 Å². The van der Waals surface area contributed by atoms with Gasteiger partial charge in [0.05, 0.1) is 11.6 Å². The highest BCUT2D eigenvalue weighted by molar-refractivity contribution is 6.74. The number of carbonyl (C=O) groups is 2. The number of hydrogen-bond donors (Lipinski definition) is 1. The molecule has 5 heterocycles. The normalized spacial score (nSPS) is 13.6. The van der Waals surface area contributed by atoms with E-state index < -0.39 is 32.1 Å². The molecule has 2 atom stereocenters. The number of fused-ring (bicyclic) bond motifs is 1. The van der Waals surface area contributed by atoms with Gasteiger partial charge in [0.25, 0.3) is 0 Å². The zero-order valence-corrected chi connectivity index (χ0v) is 33.3. The lowest BCUT2D eigenvalue weighted by atomic mass is 9.99. The van der Waals surface area contributed by atoms with Gasteiger partial charge >= 0.3 is 5.97 Å². The SMILES string of the molecule is C.CC(C(=O)N1CCc2cc(-c3ccnc(Cc4ccnn4C)c3)cc(F)c21)c1cccnc1Cl.CC(C)(C)[Si](C)(C)OC(C(=O)O)c1cccnc1Cl. The Morgan fingerprint density at radius 1 is 0.944 bits per heavy atom. The number of hydrogen-bond acceptors (Lipinski definition) is 7. The van der Waals surface area contributed by atoms with Crippen LogP contribution in [0.25, 0.3) is 11.1 Å². The number of carboxylic acid groups (broad SMARTS) is 1. The van der Waals surface area contributed by atoms with E-state index >= 15 is 4.39 Å². The fourth-order valence-electron chi connectivity index (χ4n) is 5.80. The summed E-state index contributed by atoms with van der Waals surface area (Å²) >= 11 is 12.2. The number of carbonyl (C=O) groups excluding carboxylic acids is 1. The van der Waals surface area contributed by atoms with Gasteiger partial charge in [-0.05, 0) is 90.6 Å². The van der Waals surface area contributed by atoms with E-state index in [1.807, 2.05) is 49.1 Å². The quantitative estimate of drug-likeness (QED) is 0.116. The third-order valence-corrected chi connectivity index (χ3v) is 14.9. The van der Waals surface area contributed by atoms with Gasteiger partial charge in [-0.1, -0.05) is 63.5 Å². The Bertz CT molecular complexity index is 2120. The molecule has 1 aliphatic rings. The largest absolute Gasteiger partial charge is 0.479 e. The molecule has 0 saturated carbocycles. The van der Waals surface area contributed by atoms with Crippen molar-refractivity contribution in [3.63, 3.8) is 0 Å². The van der Waals surface area contributed by atoms with Gasteiger partial charge in [-0.15, -0.1) is 0 Å². The molecule has 54 heavy (non-hydrogen) atoms. The van der Waals surface area contributed by atoms with Gasteiger partial charge in [0, 0.05) is 67.3 Å². The van der Waals surface area contributed by atoms with Crippen LogP contribution >= 0.6 is 23.2 Å². The summed E-state index contributed by atoms with van der Waals surface area (Å²) in [6.45, 7) is 12.4. The number of pyridine rings is 3. The van der Waals surface area contributed by atoms with Gasteiger partial charge in [-0.3, -0.25) is 14.5 Å². The highest BCUT2D eigenvalue weighted by atomic mass is 35.5. The Morgan fingerprint density at radius 2 is 1.59 bits per heavy atom. The van der Waals surface area contributed by atoms with E-state index in [-0.39, 0.29) is 23.5 Å². The molecular formula is C40H47Cl2FN6O4Si. The van der Waals surface area contributed by atoms with Crippen molar-refractivity contribution >= 4 is 49.1 Å². The number of nitrogens with zero attached hydrogens (tertiary/aromatic N) is 6. The van der Waals surface area contributed by atoms with Crippen LogP contribution in [-0.4, -0.2) is 56.6 Å². The summed E-state index contributed by atoms with van der Waals surface area (Å²) < 4.78 is 23.2. The first-order valence-corrected chi connectivity index (χ1v) is 20.8. The molecule has 1 N–H and O–H groups in total. The first-order valence-electron chi connectivity index (χ1n) is 17.2. The van der Waals surface area contributed by atoms with Crippen LogP contribution in [0.1, 0.15) is 75.2 Å². The lowest BCUT2D eigenvalue weighted by molar-refractivity contribution is -0.146. The van der Waals surface area contributed by atoms with E-state index in [4.69, 9.17) is 27.6 Å². The Kier molecular flexibility index (Phi) is 13.6. The van der Waals surface area contributed by atoms with Crippen molar-refractivity contribution in [1.82, 2.24) is 24.7 Å². The highest BCUT2D eigenvalue weighted by Gasteiger charge is 2.42. The molecule has 286 valence electrons. The van der Waals surface area contributed by atoms with Gasteiger partial charge in [-0.25, -0.2) is 19.2 Å². The zero-order chi connectivity index (χ0) is 38.7. The predicted molar refractivity (Wildman–Crippen MR) is 214 cm³/mol. The van der Waals surface area contributed by atoms with Crippen molar-refractivity contribution < 1.29 is 23.5 Å². The van der Waals surface area contributed by atoms with Crippen LogP contribution in [-0.2, 0) is 33.9 Å². The molecule has 14 heteroatoms. The molecule has 0 spiro atoms. The Hall–Kier alpha value is -4.49. The predicted octanol–water partition coefficient (Wildman–Crippen LogP) is 9.47. The van der Waals surface area contributed by atoms with Crippen LogP contribution in [0.4, 0.5) is 10.1 Å². The van der Waals surface area contributed by atoms with Crippen LogP contribution in [0.3, 0.4) is 0 Å². The van der Waals surface area contributed by atoms with Crippen LogP contribution in [0.15, 0.2) is 79.4 Å². The lowest BCUT2D eigenvalue weighted by Gasteiger charge is -2.38. The number of aliphatic carboxylic acids is 1. The minimum Gasteiger partial charge on any atom is -0.479 e. The molecule has 0 radical (unpaired) electrons. The van der Waals surface area contributed by atoms with Gasteiger partial charge in [-0.2, -0.15) is 5.10 Å². The van der Waals surface area contributed by atoms with Gasteiger partial charge in [0.15, 0.2) is 14.4 Å². The second-order valence-corrected chi connectivity index (χ2v) is 19.9. The summed E-state index contributed by atoms with van der Waals surface area (Å²) in [4.78, 5) is 38.7. The second-order valence-electron chi connectivity index (χ2n) is 14.4. The number of halogens is 3. The number of aryl methyl sites for hydroxylation is 1. The van der Waals surface area contributed by atoms with Crippen molar-refractivity contribution in [2.24, 2.45) is 7.05 Å². The van der Waals surface area contributed by atoms with Gasteiger partial charge in [0.1, 0.15) is 16.1 Å². The van der Waals surface area contributed by atoms with Crippen LogP contribution in [0.5, 0.6) is 0 Å². The van der Waals surface area contributed by atoms with E-state index in [1.54, 1.807) is 49.8 Å². The second kappa shape index (κ2) is 17.3. The molecule has 2 unspecified atom stereocenters. The summed E-state index contributed by atoms with van der Waals surface area (Å²) in [5.41, 5.74) is 5.78. The maximum Gasteiger partial charge on any atom is 0.336 e. The van der Waals surface area contributed by atoms with E-state index in [1.165, 1.54) is 17.2 Å². The maximum absolute atomic E-state index is 15.4. The molecule has 10 nitrogen and oxygen atoms in total. The summed E-state index contributed by atoms with van der Waals surface area (Å²) in [6, 6.07) is 16.1. The first kappa shape index (κ1) is 42.3. The molecule has 0 bridgehead atoms. The van der Waals surface area contributed by atoms with Crippen molar-refractivity contribution in [1.29, 1.82) is 0 Å². The molecule has 5 aromatic rings. The minimum atomic E-state index is -2.20. The number of amides is 1. The number of aromatic nitrogens is 5. The number of carboxylic acids is 1. The average molecular weight is 794 g/mol. The molecule has 4 aromatic heterocycles. The molecular weight excluding hydrogens is 746 g/mol. The van der Waals surface area contributed by atoms with Crippen molar-refractivity contribution in [3.05, 3.63) is 124 Å². The summed E-state index contributed by atoms with van der Waals surface area (Å²) in [5.74, 6) is -2.17. The van der Waals surface area contributed by atoms with E-state index in [2.05, 4.69) is 40.8 Å². The maximum atomic E-state index is 15.4. The Labute approximate surface area is 327 Å². The van der Waals surface area contributed by atoms with Gasteiger partial charge < -0.3 is 14.4 Å². The fraction of sp³-hybridized carbons (Fsp3) is 0.350. The van der Waals surface area contributed by atoms with E-state index in [9.17, 15) is 14.7 Å². The zero-order valence-electron chi connectivity index (χ0n) is 30.8. The highest BCUT2D eigenvalue weighted by Crippen LogP contribution is 2.41. The van der Waals surface area contributed by atoms with Crippen LogP contribution in [0.2, 0.25) is 28.4 Å². The van der Waals surface area contributed by atoms with Crippen LogP contribution < -0.4 is 4.90 Å². The molecule has 1 amide bonds. The monoisotopic (exact) mass is 792 g/mol. The third-order valence-electron chi connectivity index (χ3n) is 9.86. The lowest BCUT2D eigenvalue weighted by Crippen LogP contribution is -2.43. The molecule has 1 aromatic carbocycles. The Balaban J connectivity index is 0.000000278. The Morgan fingerprint density at radius 3 is 2.17 bits per heavy atom. The first-order chi connectivity index (χ1) is 25.0. The van der Waals surface area contributed by atoms with Crippen LogP contribution in [0, 0.1) is 5.82 Å². The number of rotatable bonds is 9. The smallest absolute Gasteiger partial charge is 0.336 e. The third kappa shape index (κ3) is 9.41. The number of benzene rings is 1. The minimum absolute atomic E-state index is 0. The summed E-state index contributed by atoms with van der Waals surface area (Å²) in [7, 11) is -0.310. The standard InChI is InChI=1S/C26H23ClFN5O.C13H20ClNO3Si.CH4/c1-16(22-4-3-8-30-25(22)27)26(34)33-11-7-18-12-19(14-23(28)24(18)33)17-5-9-29-20(13-17)15-21-6-10-31-32(21)2;1-13(2,3)19(4,5)18-10(12(16)17)9-7-6-8-15-11(9)14;/h3-6,8-10,12-14,16H,7,11,15H2,1-2H3;6-8,10H,1-5H3,(H,16,17);1H4. The topological polar surface area (TPSA) is 123 Å². The van der Waals surface area contributed by atoms with Crippen molar-refractivity contribution in [2.75, 3.05) is 11.4 Å². The average Bonchev–Trinajstić information content (AvgIpc) is 3.73. The molecule has 0 aliphatic carbocycles. The molecule has 0 saturated heterocycles. The van der Waals surface area contributed by atoms with Crippen molar-refractivity contribution in [2.45, 2.75) is 78.1 Å². The molecule has 1 aliphatic heterocycles.